The van der Waals surface area contributed by atoms with Crippen molar-refractivity contribution >= 4 is 28.8 Å². The van der Waals surface area contributed by atoms with Crippen molar-refractivity contribution in [1.29, 1.82) is 0 Å². The number of rotatable bonds is 3. The Labute approximate surface area is 144 Å². The van der Waals surface area contributed by atoms with E-state index in [2.05, 4.69) is 15.4 Å². The number of aryl methyl sites for hydroxylation is 1. The van der Waals surface area contributed by atoms with E-state index in [1.165, 1.54) is 0 Å². The fourth-order valence-corrected chi connectivity index (χ4v) is 2.75. The number of nitrogens with one attached hydrogen (secondary N) is 1. The first-order valence-corrected chi connectivity index (χ1v) is 8.27. The minimum absolute atomic E-state index is 0.0891. The number of carbonyl (C=O) groups excluding carboxylic acids is 1. The Morgan fingerprint density at radius 3 is 2.83 bits per heavy atom. The molecule has 2 aromatic heterocycles. The first-order valence-electron chi connectivity index (χ1n) is 7.89. The van der Waals surface area contributed by atoms with Crippen LogP contribution in [-0.4, -0.2) is 20.5 Å². The SMILES string of the molecule is Cc1ccc(-c2cn3nc(Cl)ccc3n2)cc1NC(=O)C1(C)CC1. The fraction of sp³-hybridized carbons (Fsp3) is 0.278. The van der Waals surface area contributed by atoms with E-state index in [0.717, 1.165) is 41.0 Å². The first kappa shape index (κ1) is 15.1. The predicted molar refractivity (Wildman–Crippen MR) is 94.1 cm³/mol. The van der Waals surface area contributed by atoms with E-state index in [0.29, 0.717) is 5.15 Å². The zero-order valence-corrected chi connectivity index (χ0v) is 14.3. The molecule has 3 aromatic rings. The van der Waals surface area contributed by atoms with E-state index in [1.54, 1.807) is 10.6 Å². The van der Waals surface area contributed by atoms with Crippen molar-refractivity contribution in [3.63, 3.8) is 0 Å². The van der Waals surface area contributed by atoms with Crippen LogP contribution in [0.4, 0.5) is 5.69 Å². The van der Waals surface area contributed by atoms with E-state index in [9.17, 15) is 4.79 Å². The number of carbonyl (C=O) groups is 1. The number of halogens is 1. The molecule has 0 atom stereocenters. The molecule has 1 aliphatic rings. The van der Waals surface area contributed by atoms with Crippen LogP contribution in [0.25, 0.3) is 16.9 Å². The summed E-state index contributed by atoms with van der Waals surface area (Å²) in [5.41, 5.74) is 4.10. The molecule has 1 aliphatic carbocycles. The largest absolute Gasteiger partial charge is 0.325 e. The van der Waals surface area contributed by atoms with Crippen molar-refractivity contribution < 1.29 is 4.79 Å². The summed E-state index contributed by atoms with van der Waals surface area (Å²) in [6, 6.07) is 9.48. The second-order valence-electron chi connectivity index (χ2n) is 6.63. The summed E-state index contributed by atoms with van der Waals surface area (Å²) >= 11 is 5.92. The molecule has 1 saturated carbocycles. The number of fused-ring (bicyclic) bond motifs is 1. The molecule has 1 N–H and O–H groups in total. The van der Waals surface area contributed by atoms with Crippen molar-refractivity contribution in [2.75, 3.05) is 5.32 Å². The Balaban J connectivity index is 1.69. The maximum Gasteiger partial charge on any atom is 0.230 e. The summed E-state index contributed by atoms with van der Waals surface area (Å²) in [6.07, 6.45) is 3.74. The van der Waals surface area contributed by atoms with Gasteiger partial charge in [-0.3, -0.25) is 4.79 Å². The van der Waals surface area contributed by atoms with Gasteiger partial charge in [0.25, 0.3) is 0 Å². The van der Waals surface area contributed by atoms with E-state index < -0.39 is 0 Å². The smallest absolute Gasteiger partial charge is 0.230 e. The molecular formula is C18H17ClN4O. The molecule has 0 aliphatic heterocycles. The van der Waals surface area contributed by atoms with Crippen LogP contribution < -0.4 is 5.32 Å². The predicted octanol–water partition coefficient (Wildman–Crippen LogP) is 4.10. The molecule has 5 nitrogen and oxygen atoms in total. The zero-order valence-electron chi connectivity index (χ0n) is 13.5. The Morgan fingerprint density at radius 2 is 2.08 bits per heavy atom. The minimum Gasteiger partial charge on any atom is -0.325 e. The highest BCUT2D eigenvalue weighted by Gasteiger charge is 2.44. The van der Waals surface area contributed by atoms with Crippen LogP contribution in [0.15, 0.2) is 36.5 Å². The van der Waals surface area contributed by atoms with Crippen molar-refractivity contribution in [3.8, 4) is 11.3 Å². The van der Waals surface area contributed by atoms with E-state index in [1.807, 2.05) is 44.3 Å². The van der Waals surface area contributed by atoms with Crippen LogP contribution in [0.3, 0.4) is 0 Å². The van der Waals surface area contributed by atoms with Gasteiger partial charge in [-0.25, -0.2) is 9.50 Å². The van der Waals surface area contributed by atoms with E-state index in [4.69, 9.17) is 11.6 Å². The van der Waals surface area contributed by atoms with Gasteiger partial charge in [-0.15, -0.1) is 0 Å². The highest BCUT2D eigenvalue weighted by atomic mass is 35.5. The monoisotopic (exact) mass is 340 g/mol. The summed E-state index contributed by atoms with van der Waals surface area (Å²) in [5, 5.41) is 7.67. The lowest BCUT2D eigenvalue weighted by Crippen LogP contribution is -2.21. The fourth-order valence-electron chi connectivity index (χ4n) is 2.60. The first-order chi connectivity index (χ1) is 11.4. The normalized spacial score (nSPS) is 15.5. The number of hydrogen-bond acceptors (Lipinski definition) is 3. The van der Waals surface area contributed by atoms with Gasteiger partial charge in [-0.2, -0.15) is 5.10 Å². The van der Waals surface area contributed by atoms with E-state index >= 15 is 0 Å². The van der Waals surface area contributed by atoms with Crippen LogP contribution in [0.5, 0.6) is 0 Å². The second kappa shape index (κ2) is 5.31. The Morgan fingerprint density at radius 1 is 1.29 bits per heavy atom. The lowest BCUT2D eigenvalue weighted by molar-refractivity contribution is -0.120. The average molecular weight is 341 g/mol. The third kappa shape index (κ3) is 2.65. The summed E-state index contributed by atoms with van der Waals surface area (Å²) in [6.45, 7) is 3.98. The highest BCUT2D eigenvalue weighted by Crippen LogP contribution is 2.46. The van der Waals surface area contributed by atoms with Gasteiger partial charge >= 0.3 is 0 Å². The van der Waals surface area contributed by atoms with Gasteiger partial charge in [0, 0.05) is 16.7 Å². The third-order valence-electron chi connectivity index (χ3n) is 4.62. The van der Waals surface area contributed by atoms with Crippen LogP contribution >= 0.6 is 11.6 Å². The van der Waals surface area contributed by atoms with Gasteiger partial charge in [0.15, 0.2) is 5.65 Å². The number of hydrogen-bond donors (Lipinski definition) is 1. The molecule has 24 heavy (non-hydrogen) atoms. The minimum atomic E-state index is -0.202. The van der Waals surface area contributed by atoms with E-state index in [-0.39, 0.29) is 11.3 Å². The standard InChI is InChI=1S/C18H17ClN4O/c1-11-3-4-12(9-13(11)21-17(24)18(2)7-8-18)14-10-23-16(20-14)6-5-15(19)22-23/h3-6,9-10H,7-8H2,1-2H3,(H,21,24). The lowest BCUT2D eigenvalue weighted by Gasteiger charge is -2.13. The van der Waals surface area contributed by atoms with Gasteiger partial charge in [-0.1, -0.05) is 30.7 Å². The molecule has 1 aromatic carbocycles. The maximum atomic E-state index is 12.3. The van der Waals surface area contributed by atoms with Gasteiger partial charge in [-0.05, 0) is 43.5 Å². The Kier molecular flexibility index (Phi) is 3.35. The molecular weight excluding hydrogens is 324 g/mol. The molecule has 6 heteroatoms. The molecule has 1 amide bonds. The van der Waals surface area contributed by atoms with Crippen LogP contribution in [0.1, 0.15) is 25.3 Å². The summed E-state index contributed by atoms with van der Waals surface area (Å²) in [4.78, 5) is 16.9. The van der Waals surface area contributed by atoms with Crippen molar-refractivity contribution in [2.24, 2.45) is 5.41 Å². The number of anilines is 1. The summed E-state index contributed by atoms with van der Waals surface area (Å²) in [7, 11) is 0. The summed E-state index contributed by atoms with van der Waals surface area (Å²) in [5.74, 6) is 0.0891. The molecule has 4 rings (SSSR count). The zero-order chi connectivity index (χ0) is 16.9. The quantitative estimate of drug-likeness (QED) is 0.781. The number of imidazole rings is 1. The maximum absolute atomic E-state index is 12.3. The van der Waals surface area contributed by atoms with Crippen molar-refractivity contribution in [1.82, 2.24) is 14.6 Å². The van der Waals surface area contributed by atoms with Crippen LogP contribution in [-0.2, 0) is 4.79 Å². The van der Waals surface area contributed by atoms with Gasteiger partial charge in [0.05, 0.1) is 11.9 Å². The lowest BCUT2D eigenvalue weighted by atomic mass is 10.1. The topological polar surface area (TPSA) is 59.3 Å². The Hall–Kier alpha value is -2.40. The van der Waals surface area contributed by atoms with Crippen molar-refractivity contribution in [2.45, 2.75) is 26.7 Å². The van der Waals surface area contributed by atoms with Crippen LogP contribution in [0, 0.1) is 12.3 Å². The molecule has 2 heterocycles. The number of nitrogens with zero attached hydrogens (tertiary/aromatic N) is 3. The molecule has 0 radical (unpaired) electrons. The second-order valence-corrected chi connectivity index (χ2v) is 7.02. The highest BCUT2D eigenvalue weighted by molar-refractivity contribution is 6.29. The molecule has 1 fully saturated rings. The molecule has 122 valence electrons. The van der Waals surface area contributed by atoms with Gasteiger partial charge in [0.1, 0.15) is 5.15 Å². The van der Waals surface area contributed by atoms with Gasteiger partial charge in [0.2, 0.25) is 5.91 Å². The number of amides is 1. The van der Waals surface area contributed by atoms with Crippen LogP contribution in [0.2, 0.25) is 5.15 Å². The molecule has 0 bridgehead atoms. The Bertz CT molecular complexity index is 959. The third-order valence-corrected chi connectivity index (χ3v) is 4.82. The van der Waals surface area contributed by atoms with Gasteiger partial charge < -0.3 is 5.32 Å². The number of benzene rings is 1. The summed E-state index contributed by atoms with van der Waals surface area (Å²) < 4.78 is 1.65. The molecule has 0 saturated heterocycles. The van der Waals surface area contributed by atoms with Crippen molar-refractivity contribution in [3.05, 3.63) is 47.2 Å². The number of aromatic nitrogens is 3. The average Bonchev–Trinajstić information content (AvgIpc) is 3.17. The molecule has 0 unspecified atom stereocenters. The molecule has 0 spiro atoms.